The maximum absolute atomic E-state index is 11.3. The molecule has 0 unspecified atom stereocenters. The van der Waals surface area contributed by atoms with Gasteiger partial charge < -0.3 is 0 Å². The lowest BCUT2D eigenvalue weighted by molar-refractivity contribution is 0.660. The lowest BCUT2D eigenvalue weighted by atomic mass is 10.7. The summed E-state index contributed by atoms with van der Waals surface area (Å²) >= 11 is 5.94. The first-order valence-electron chi connectivity index (χ1n) is 4.02. The van der Waals surface area contributed by atoms with Gasteiger partial charge in [0.05, 0.1) is 0 Å². The number of H-pyrrole nitrogens is 1. The summed E-state index contributed by atoms with van der Waals surface area (Å²) in [6, 6.07) is 0. The van der Waals surface area contributed by atoms with Crippen LogP contribution >= 0.6 is 39.0 Å². The lowest BCUT2D eigenvalue weighted by Gasteiger charge is -1.97. The Morgan fingerprint density at radius 2 is 2.40 bits per heavy atom. The van der Waals surface area contributed by atoms with Gasteiger partial charge in [0.25, 0.3) is 0 Å². The Morgan fingerprint density at radius 3 is 3.00 bits per heavy atom. The largest absolute Gasteiger partial charge is 0.343 e. The number of aromatic amines is 1. The predicted molar refractivity (Wildman–Crippen MR) is 60.3 cm³/mol. The molecule has 9 heteroatoms. The van der Waals surface area contributed by atoms with Crippen LogP contribution in [-0.2, 0) is 6.54 Å². The van der Waals surface area contributed by atoms with Gasteiger partial charge in [-0.2, -0.15) is 0 Å². The monoisotopic (exact) mass is 307 g/mol. The van der Waals surface area contributed by atoms with Crippen molar-refractivity contribution in [2.75, 3.05) is 0 Å². The average Bonchev–Trinajstić information content (AvgIpc) is 2.75. The standard InChI is InChI=1S/C6H6BrN5OS2/c1-2-12-4(13)9-10-5(12)15-6-11-8-3(7)14-6/h2H2,1H3,(H,9,13). The number of hydrogen-bond donors (Lipinski definition) is 1. The van der Waals surface area contributed by atoms with Crippen LogP contribution in [0.4, 0.5) is 0 Å². The molecule has 15 heavy (non-hydrogen) atoms. The van der Waals surface area contributed by atoms with Gasteiger partial charge in [-0.3, -0.25) is 4.57 Å². The van der Waals surface area contributed by atoms with Crippen LogP contribution in [0.1, 0.15) is 6.92 Å². The zero-order valence-corrected chi connectivity index (χ0v) is 10.8. The molecule has 2 rings (SSSR count). The number of halogens is 1. The predicted octanol–water partition coefficient (Wildman–Crippen LogP) is 1.36. The summed E-state index contributed by atoms with van der Waals surface area (Å²) in [7, 11) is 0. The van der Waals surface area contributed by atoms with E-state index in [1.165, 1.54) is 23.1 Å². The topological polar surface area (TPSA) is 76.5 Å². The van der Waals surface area contributed by atoms with Gasteiger partial charge in [0.15, 0.2) is 13.4 Å². The molecule has 2 aromatic heterocycles. The highest BCUT2D eigenvalue weighted by atomic mass is 79.9. The molecule has 0 amide bonds. The van der Waals surface area contributed by atoms with Gasteiger partial charge in [0.1, 0.15) is 0 Å². The van der Waals surface area contributed by atoms with E-state index in [4.69, 9.17) is 0 Å². The Kier molecular flexibility index (Phi) is 3.22. The molecule has 0 radical (unpaired) electrons. The van der Waals surface area contributed by atoms with Crippen LogP contribution in [0.2, 0.25) is 0 Å². The number of nitrogens with one attached hydrogen (secondary N) is 1. The van der Waals surface area contributed by atoms with Crippen molar-refractivity contribution >= 4 is 39.0 Å². The molecule has 0 atom stereocenters. The van der Waals surface area contributed by atoms with Gasteiger partial charge >= 0.3 is 5.69 Å². The minimum Gasteiger partial charge on any atom is -0.270 e. The van der Waals surface area contributed by atoms with E-state index in [0.29, 0.717) is 15.6 Å². The first-order chi connectivity index (χ1) is 7.20. The summed E-state index contributed by atoms with van der Waals surface area (Å²) in [5, 5.41) is 14.6. The van der Waals surface area contributed by atoms with E-state index >= 15 is 0 Å². The molecular formula is C6H6BrN5OS2. The first-order valence-corrected chi connectivity index (χ1v) is 6.45. The van der Waals surface area contributed by atoms with Crippen molar-refractivity contribution in [2.24, 2.45) is 0 Å². The molecule has 2 aromatic rings. The second-order valence-electron chi connectivity index (χ2n) is 2.48. The third kappa shape index (κ3) is 2.29. The van der Waals surface area contributed by atoms with Crippen molar-refractivity contribution in [1.29, 1.82) is 0 Å². The summed E-state index contributed by atoms with van der Waals surface area (Å²) in [6.07, 6.45) is 0. The van der Waals surface area contributed by atoms with Crippen molar-refractivity contribution in [3.8, 4) is 0 Å². The third-order valence-corrected chi connectivity index (χ3v) is 4.00. The fraction of sp³-hybridized carbons (Fsp3) is 0.333. The minimum absolute atomic E-state index is 0.205. The average molecular weight is 308 g/mol. The van der Waals surface area contributed by atoms with Gasteiger partial charge in [-0.15, -0.1) is 15.3 Å². The molecule has 1 N–H and O–H groups in total. The van der Waals surface area contributed by atoms with Crippen LogP contribution < -0.4 is 5.69 Å². The molecule has 0 aliphatic heterocycles. The molecule has 0 spiro atoms. The molecule has 0 aliphatic rings. The first kappa shape index (κ1) is 10.8. The van der Waals surface area contributed by atoms with Crippen molar-refractivity contribution in [3.05, 3.63) is 14.4 Å². The lowest BCUT2D eigenvalue weighted by Crippen LogP contribution is -2.15. The summed E-state index contributed by atoms with van der Waals surface area (Å²) in [4.78, 5) is 11.3. The summed E-state index contributed by atoms with van der Waals surface area (Å²) in [5.74, 6) is 0. The highest BCUT2D eigenvalue weighted by Gasteiger charge is 2.11. The summed E-state index contributed by atoms with van der Waals surface area (Å²) in [5.41, 5.74) is -0.205. The molecule has 2 heterocycles. The molecule has 0 saturated heterocycles. The second kappa shape index (κ2) is 4.45. The molecule has 0 saturated carbocycles. The van der Waals surface area contributed by atoms with Crippen molar-refractivity contribution in [2.45, 2.75) is 23.0 Å². The zero-order valence-electron chi connectivity index (χ0n) is 7.60. The maximum atomic E-state index is 11.3. The Balaban J connectivity index is 2.28. The van der Waals surface area contributed by atoms with Crippen LogP contribution in [0.25, 0.3) is 0 Å². The van der Waals surface area contributed by atoms with Crippen LogP contribution in [-0.4, -0.2) is 25.0 Å². The molecular weight excluding hydrogens is 302 g/mol. The van der Waals surface area contributed by atoms with E-state index in [1.807, 2.05) is 6.92 Å². The molecule has 0 fully saturated rings. The number of hydrogen-bond acceptors (Lipinski definition) is 6. The van der Waals surface area contributed by atoms with Gasteiger partial charge in [0.2, 0.25) is 0 Å². The quantitative estimate of drug-likeness (QED) is 0.926. The van der Waals surface area contributed by atoms with Crippen molar-refractivity contribution in [3.63, 3.8) is 0 Å². The van der Waals surface area contributed by atoms with E-state index in [0.717, 1.165) is 4.34 Å². The normalized spacial score (nSPS) is 10.8. The van der Waals surface area contributed by atoms with Crippen LogP contribution in [0.15, 0.2) is 18.2 Å². The smallest absolute Gasteiger partial charge is 0.270 e. The highest BCUT2D eigenvalue weighted by molar-refractivity contribution is 9.11. The van der Waals surface area contributed by atoms with E-state index in [9.17, 15) is 4.79 Å². The molecule has 6 nitrogen and oxygen atoms in total. The fourth-order valence-corrected chi connectivity index (χ4v) is 3.42. The third-order valence-electron chi connectivity index (χ3n) is 1.60. The fourth-order valence-electron chi connectivity index (χ4n) is 0.972. The molecule has 0 aromatic carbocycles. The minimum atomic E-state index is -0.205. The van der Waals surface area contributed by atoms with Crippen LogP contribution in [0.5, 0.6) is 0 Å². The summed E-state index contributed by atoms with van der Waals surface area (Å²) in [6.45, 7) is 2.47. The van der Waals surface area contributed by atoms with E-state index in [1.54, 1.807) is 4.57 Å². The van der Waals surface area contributed by atoms with Gasteiger partial charge in [0, 0.05) is 6.54 Å². The second-order valence-corrected chi connectivity index (χ2v) is 5.95. The Labute approximate surface area is 101 Å². The Morgan fingerprint density at radius 1 is 1.60 bits per heavy atom. The van der Waals surface area contributed by atoms with E-state index in [-0.39, 0.29) is 5.69 Å². The van der Waals surface area contributed by atoms with Gasteiger partial charge in [-0.1, -0.05) is 11.3 Å². The summed E-state index contributed by atoms with van der Waals surface area (Å²) < 4.78 is 3.00. The van der Waals surface area contributed by atoms with Crippen LogP contribution in [0, 0.1) is 0 Å². The zero-order chi connectivity index (χ0) is 10.8. The van der Waals surface area contributed by atoms with Crippen molar-refractivity contribution < 1.29 is 0 Å². The number of rotatable bonds is 3. The van der Waals surface area contributed by atoms with Crippen LogP contribution in [0.3, 0.4) is 0 Å². The molecule has 80 valence electrons. The van der Waals surface area contributed by atoms with Gasteiger partial charge in [-0.25, -0.2) is 9.89 Å². The Bertz CT molecular complexity index is 518. The number of aromatic nitrogens is 5. The maximum Gasteiger partial charge on any atom is 0.343 e. The van der Waals surface area contributed by atoms with E-state index < -0.39 is 0 Å². The van der Waals surface area contributed by atoms with Crippen molar-refractivity contribution in [1.82, 2.24) is 25.0 Å². The van der Waals surface area contributed by atoms with E-state index in [2.05, 4.69) is 36.3 Å². The Hall–Kier alpha value is -0.670. The highest BCUT2D eigenvalue weighted by Crippen LogP contribution is 2.29. The molecule has 0 aliphatic carbocycles. The molecule has 0 bridgehead atoms. The van der Waals surface area contributed by atoms with Gasteiger partial charge in [-0.05, 0) is 34.6 Å². The SMILES string of the molecule is CCn1c(Sc2nnc(Br)s2)n[nH]c1=O. The number of nitrogens with zero attached hydrogens (tertiary/aromatic N) is 4.